The SMILES string of the molecule is C[C@@]1(C(=O)Nc2nccs2)Cc2ccc(C#Cc3ccccc3)cc2[C@@H]1c1ccccc1. The molecule has 2 atom stereocenters. The van der Waals surface area contributed by atoms with Crippen LogP contribution >= 0.6 is 11.3 Å². The molecule has 0 radical (unpaired) electrons. The zero-order chi connectivity index (χ0) is 22.0. The van der Waals surface area contributed by atoms with Crippen LogP contribution in [0, 0.1) is 17.3 Å². The zero-order valence-corrected chi connectivity index (χ0v) is 18.5. The third kappa shape index (κ3) is 3.84. The molecule has 0 aliphatic heterocycles. The minimum atomic E-state index is -0.624. The first-order valence-electron chi connectivity index (χ1n) is 10.6. The molecule has 1 N–H and O–H groups in total. The van der Waals surface area contributed by atoms with E-state index in [-0.39, 0.29) is 11.8 Å². The second-order valence-electron chi connectivity index (χ2n) is 8.26. The summed E-state index contributed by atoms with van der Waals surface area (Å²) in [4.78, 5) is 17.8. The van der Waals surface area contributed by atoms with E-state index in [4.69, 9.17) is 0 Å². The number of aromatic nitrogens is 1. The Morgan fingerprint density at radius 3 is 2.44 bits per heavy atom. The van der Waals surface area contributed by atoms with Crippen molar-refractivity contribution in [2.45, 2.75) is 19.3 Å². The van der Waals surface area contributed by atoms with Gasteiger partial charge in [-0.2, -0.15) is 0 Å². The molecule has 1 aliphatic carbocycles. The highest BCUT2D eigenvalue weighted by molar-refractivity contribution is 7.13. The van der Waals surface area contributed by atoms with E-state index < -0.39 is 5.41 Å². The van der Waals surface area contributed by atoms with E-state index in [0.717, 1.165) is 16.7 Å². The van der Waals surface area contributed by atoms with Crippen molar-refractivity contribution >= 4 is 22.4 Å². The van der Waals surface area contributed by atoms with Gasteiger partial charge in [0.25, 0.3) is 0 Å². The number of anilines is 1. The van der Waals surface area contributed by atoms with Crippen LogP contribution in [-0.4, -0.2) is 10.9 Å². The van der Waals surface area contributed by atoms with Gasteiger partial charge < -0.3 is 5.32 Å². The largest absolute Gasteiger partial charge is 0.301 e. The average molecular weight is 435 g/mol. The number of amides is 1. The van der Waals surface area contributed by atoms with Crippen LogP contribution in [-0.2, 0) is 11.2 Å². The fourth-order valence-corrected chi connectivity index (χ4v) is 5.06. The van der Waals surface area contributed by atoms with Crippen molar-refractivity contribution in [2.75, 3.05) is 5.32 Å². The predicted molar refractivity (Wildman–Crippen MR) is 130 cm³/mol. The molecule has 3 nitrogen and oxygen atoms in total. The van der Waals surface area contributed by atoms with Gasteiger partial charge in [-0.3, -0.25) is 4.79 Å². The summed E-state index contributed by atoms with van der Waals surface area (Å²) < 4.78 is 0. The second-order valence-corrected chi connectivity index (χ2v) is 9.15. The highest BCUT2D eigenvalue weighted by atomic mass is 32.1. The molecule has 0 saturated carbocycles. The van der Waals surface area contributed by atoms with Gasteiger partial charge in [0.2, 0.25) is 5.91 Å². The Kier molecular flexibility index (Phi) is 5.34. The van der Waals surface area contributed by atoms with E-state index in [2.05, 4.69) is 59.4 Å². The third-order valence-electron chi connectivity index (χ3n) is 6.08. The van der Waals surface area contributed by atoms with E-state index in [1.807, 2.05) is 53.9 Å². The third-order valence-corrected chi connectivity index (χ3v) is 6.77. The van der Waals surface area contributed by atoms with Crippen LogP contribution < -0.4 is 5.32 Å². The number of fused-ring (bicyclic) bond motifs is 1. The molecule has 5 rings (SSSR count). The maximum Gasteiger partial charge on any atom is 0.233 e. The Morgan fingerprint density at radius 2 is 1.72 bits per heavy atom. The van der Waals surface area contributed by atoms with E-state index >= 15 is 0 Å². The van der Waals surface area contributed by atoms with E-state index in [1.54, 1.807) is 6.20 Å². The molecule has 32 heavy (non-hydrogen) atoms. The van der Waals surface area contributed by atoms with Crippen LogP contribution in [0.3, 0.4) is 0 Å². The number of carbonyl (C=O) groups excluding carboxylic acids is 1. The number of nitrogens with zero attached hydrogens (tertiary/aromatic N) is 1. The Bertz CT molecular complexity index is 1300. The number of nitrogens with one attached hydrogen (secondary N) is 1. The molecular formula is C28H22N2OS. The van der Waals surface area contributed by atoms with Crippen molar-refractivity contribution in [1.29, 1.82) is 0 Å². The summed E-state index contributed by atoms with van der Waals surface area (Å²) in [6.45, 7) is 2.06. The molecule has 0 fully saturated rings. The lowest BCUT2D eigenvalue weighted by Gasteiger charge is -2.31. The molecule has 1 amide bonds. The topological polar surface area (TPSA) is 42.0 Å². The number of thiazole rings is 1. The van der Waals surface area contributed by atoms with Gasteiger partial charge in [0.1, 0.15) is 0 Å². The summed E-state index contributed by atoms with van der Waals surface area (Å²) >= 11 is 1.44. The molecule has 4 aromatic rings. The van der Waals surface area contributed by atoms with Gasteiger partial charge in [-0.15, -0.1) is 11.3 Å². The summed E-state index contributed by atoms with van der Waals surface area (Å²) in [7, 11) is 0. The standard InChI is InChI=1S/C28H22N2OS/c1-28(26(31)30-27-29-16-17-32-27)19-23-15-14-21(13-12-20-8-4-2-5-9-20)18-24(23)25(28)22-10-6-3-7-11-22/h2-11,14-18,25H,19H2,1H3,(H,29,30,31)/t25-,28+/m0/s1. The highest BCUT2D eigenvalue weighted by Crippen LogP contribution is 2.51. The monoisotopic (exact) mass is 434 g/mol. The average Bonchev–Trinajstić information content (AvgIpc) is 3.44. The molecule has 0 spiro atoms. The lowest BCUT2D eigenvalue weighted by Crippen LogP contribution is -2.37. The van der Waals surface area contributed by atoms with Crippen LogP contribution in [0.4, 0.5) is 5.13 Å². The molecule has 1 heterocycles. The first kappa shape index (κ1) is 20.2. The fourth-order valence-electron chi connectivity index (χ4n) is 4.54. The maximum absolute atomic E-state index is 13.5. The Balaban J connectivity index is 1.55. The molecule has 0 saturated heterocycles. The summed E-state index contributed by atoms with van der Waals surface area (Å²) in [6, 6.07) is 26.6. The number of benzene rings is 3. The minimum absolute atomic E-state index is 0.00516. The van der Waals surface area contributed by atoms with Crippen LogP contribution in [0.1, 0.15) is 40.7 Å². The summed E-state index contributed by atoms with van der Waals surface area (Å²) in [6.07, 6.45) is 2.38. The number of rotatable bonds is 3. The van der Waals surface area contributed by atoms with Crippen molar-refractivity contribution < 1.29 is 4.79 Å². The van der Waals surface area contributed by atoms with Gasteiger partial charge in [-0.25, -0.2) is 4.98 Å². The molecule has 4 heteroatoms. The minimum Gasteiger partial charge on any atom is -0.301 e. The van der Waals surface area contributed by atoms with Crippen LogP contribution in [0.25, 0.3) is 0 Å². The zero-order valence-electron chi connectivity index (χ0n) is 17.7. The highest BCUT2D eigenvalue weighted by Gasteiger charge is 2.48. The van der Waals surface area contributed by atoms with Crippen LogP contribution in [0.2, 0.25) is 0 Å². The Labute approximate surface area is 192 Å². The van der Waals surface area contributed by atoms with Crippen molar-refractivity contribution in [3.63, 3.8) is 0 Å². The Hall–Kier alpha value is -3.68. The molecule has 0 bridgehead atoms. The van der Waals surface area contributed by atoms with E-state index in [9.17, 15) is 4.79 Å². The van der Waals surface area contributed by atoms with E-state index in [1.165, 1.54) is 22.5 Å². The maximum atomic E-state index is 13.5. The number of hydrogen-bond acceptors (Lipinski definition) is 3. The molecular weight excluding hydrogens is 412 g/mol. The van der Waals surface area contributed by atoms with Gasteiger partial charge in [-0.1, -0.05) is 66.4 Å². The molecule has 0 unspecified atom stereocenters. The van der Waals surface area contributed by atoms with Gasteiger partial charge in [0.05, 0.1) is 5.41 Å². The molecule has 156 valence electrons. The summed E-state index contributed by atoms with van der Waals surface area (Å²) in [5.41, 5.74) is 4.82. The number of hydrogen-bond donors (Lipinski definition) is 1. The summed E-state index contributed by atoms with van der Waals surface area (Å²) in [5.74, 6) is 6.48. The smallest absolute Gasteiger partial charge is 0.233 e. The van der Waals surface area contributed by atoms with Gasteiger partial charge >= 0.3 is 0 Å². The molecule has 3 aromatic carbocycles. The van der Waals surface area contributed by atoms with Gasteiger partial charge in [0.15, 0.2) is 5.13 Å². The lowest BCUT2D eigenvalue weighted by molar-refractivity contribution is -0.125. The first-order chi connectivity index (χ1) is 15.6. The quantitative estimate of drug-likeness (QED) is 0.409. The normalized spacial score (nSPS) is 19.0. The second kappa shape index (κ2) is 8.45. The van der Waals surface area contributed by atoms with Crippen molar-refractivity contribution in [3.8, 4) is 11.8 Å². The van der Waals surface area contributed by atoms with Crippen molar-refractivity contribution in [1.82, 2.24) is 4.98 Å². The van der Waals surface area contributed by atoms with E-state index in [0.29, 0.717) is 11.6 Å². The summed E-state index contributed by atoms with van der Waals surface area (Å²) in [5, 5.41) is 5.54. The van der Waals surface area contributed by atoms with Crippen molar-refractivity contribution in [3.05, 3.63) is 118 Å². The molecule has 1 aromatic heterocycles. The Morgan fingerprint density at radius 1 is 1.00 bits per heavy atom. The van der Waals surface area contributed by atoms with Crippen molar-refractivity contribution in [2.24, 2.45) is 5.41 Å². The van der Waals surface area contributed by atoms with Gasteiger partial charge in [-0.05, 0) is 54.3 Å². The predicted octanol–water partition coefficient (Wildman–Crippen LogP) is 5.88. The van der Waals surface area contributed by atoms with Gasteiger partial charge in [0, 0.05) is 28.6 Å². The number of carbonyl (C=O) groups is 1. The first-order valence-corrected chi connectivity index (χ1v) is 11.5. The fraction of sp³-hybridized carbons (Fsp3) is 0.143. The van der Waals surface area contributed by atoms with Crippen LogP contribution in [0.5, 0.6) is 0 Å². The lowest BCUT2D eigenvalue weighted by atomic mass is 9.73. The molecule has 1 aliphatic rings. The van der Waals surface area contributed by atoms with Crippen LogP contribution in [0.15, 0.2) is 90.4 Å².